The zero-order valence-corrected chi connectivity index (χ0v) is 15.3. The van der Waals surface area contributed by atoms with Crippen LogP contribution in [0.1, 0.15) is 56.0 Å². The third-order valence-electron chi connectivity index (χ3n) is 5.38. The van der Waals surface area contributed by atoms with Crippen molar-refractivity contribution in [3.05, 3.63) is 17.6 Å². The molecule has 1 saturated heterocycles. The predicted molar refractivity (Wildman–Crippen MR) is 93.7 cm³/mol. The van der Waals surface area contributed by atoms with E-state index in [9.17, 15) is 8.42 Å². The first-order valence-electron chi connectivity index (χ1n) is 9.02. The number of anilines is 1. The molecule has 7 heteroatoms. The number of likely N-dealkylation sites (N-methyl/N-ethyl adjacent to an activating group) is 1. The molecule has 1 atom stereocenters. The molecular weight excluding hydrogens is 324 g/mol. The summed E-state index contributed by atoms with van der Waals surface area (Å²) in [4.78, 5) is 11.6. The minimum Gasteiger partial charge on any atom is -0.355 e. The molecule has 1 unspecified atom stereocenters. The van der Waals surface area contributed by atoms with Crippen LogP contribution in [0, 0.1) is 6.92 Å². The largest absolute Gasteiger partial charge is 0.355 e. The van der Waals surface area contributed by atoms with E-state index in [1.165, 1.54) is 12.8 Å². The second kappa shape index (κ2) is 5.95. The van der Waals surface area contributed by atoms with Crippen molar-refractivity contribution in [2.75, 3.05) is 25.0 Å². The summed E-state index contributed by atoms with van der Waals surface area (Å²) in [6.07, 6.45) is 5.94. The maximum absolute atomic E-state index is 12.5. The first-order valence-corrected chi connectivity index (χ1v) is 10.5. The number of sulfonamides is 1. The second-order valence-electron chi connectivity index (χ2n) is 7.50. The molecule has 2 aliphatic carbocycles. The van der Waals surface area contributed by atoms with Gasteiger partial charge in [-0.1, -0.05) is 0 Å². The van der Waals surface area contributed by atoms with Gasteiger partial charge in [-0.05, 0) is 45.4 Å². The van der Waals surface area contributed by atoms with Crippen LogP contribution < -0.4 is 4.90 Å². The summed E-state index contributed by atoms with van der Waals surface area (Å²) in [5.41, 5.74) is 1.00. The summed E-state index contributed by atoms with van der Waals surface area (Å²) >= 11 is 0. The lowest BCUT2D eigenvalue weighted by molar-refractivity contribution is 0.319. The summed E-state index contributed by atoms with van der Waals surface area (Å²) in [7, 11) is -1.36. The van der Waals surface area contributed by atoms with Gasteiger partial charge in [-0.25, -0.2) is 18.4 Å². The number of hydrogen-bond acceptors (Lipinski definition) is 5. The molecule has 2 saturated carbocycles. The number of aryl methyl sites for hydroxylation is 1. The molecule has 0 N–H and O–H groups in total. The average Bonchev–Trinajstić information content (AvgIpc) is 3.45. The fourth-order valence-electron chi connectivity index (χ4n) is 3.53. The Morgan fingerprint density at radius 2 is 1.92 bits per heavy atom. The van der Waals surface area contributed by atoms with Crippen molar-refractivity contribution in [3.8, 4) is 0 Å². The first-order chi connectivity index (χ1) is 11.4. The lowest BCUT2D eigenvalue weighted by Crippen LogP contribution is -2.49. The summed E-state index contributed by atoms with van der Waals surface area (Å²) in [5, 5.41) is -0.138. The number of hydrogen-bond donors (Lipinski definition) is 0. The Balaban J connectivity index is 1.52. The number of aromatic nitrogens is 2. The van der Waals surface area contributed by atoms with Gasteiger partial charge in [0, 0.05) is 43.9 Å². The van der Waals surface area contributed by atoms with Crippen molar-refractivity contribution in [1.29, 1.82) is 0 Å². The molecule has 24 heavy (non-hydrogen) atoms. The maximum Gasteiger partial charge on any atom is 0.217 e. The zero-order chi connectivity index (χ0) is 16.9. The third kappa shape index (κ3) is 3.16. The van der Waals surface area contributed by atoms with Crippen molar-refractivity contribution in [1.82, 2.24) is 14.3 Å². The van der Waals surface area contributed by atoms with Crippen LogP contribution in [0.2, 0.25) is 0 Å². The number of piperidine rings is 1. The van der Waals surface area contributed by atoms with Crippen LogP contribution in [-0.2, 0) is 10.0 Å². The van der Waals surface area contributed by atoms with E-state index < -0.39 is 10.0 Å². The molecule has 1 aliphatic heterocycles. The smallest absolute Gasteiger partial charge is 0.217 e. The quantitative estimate of drug-likeness (QED) is 0.813. The summed E-state index contributed by atoms with van der Waals surface area (Å²) in [6, 6.07) is 2.08. The Bertz CT molecular complexity index is 728. The van der Waals surface area contributed by atoms with Crippen LogP contribution in [0.15, 0.2) is 6.07 Å². The Labute approximate surface area is 144 Å². The number of rotatable bonds is 5. The molecule has 2 heterocycles. The van der Waals surface area contributed by atoms with E-state index in [2.05, 4.69) is 9.88 Å². The van der Waals surface area contributed by atoms with Crippen LogP contribution in [-0.4, -0.2) is 54.1 Å². The van der Waals surface area contributed by atoms with E-state index in [4.69, 9.17) is 4.98 Å². The minimum atomic E-state index is -3.12. The normalized spacial score (nSPS) is 25.3. The molecule has 6 nitrogen and oxygen atoms in total. The van der Waals surface area contributed by atoms with E-state index in [-0.39, 0.29) is 11.3 Å². The molecule has 3 aliphatic rings. The predicted octanol–water partition coefficient (Wildman–Crippen LogP) is 2.06. The molecular formula is C17H26N4O2S. The highest BCUT2D eigenvalue weighted by molar-refractivity contribution is 7.90. The third-order valence-corrected chi connectivity index (χ3v) is 7.80. The van der Waals surface area contributed by atoms with E-state index in [0.717, 1.165) is 56.1 Å². The van der Waals surface area contributed by atoms with E-state index in [1.54, 1.807) is 11.4 Å². The Morgan fingerprint density at radius 3 is 2.58 bits per heavy atom. The van der Waals surface area contributed by atoms with Gasteiger partial charge in [-0.3, -0.25) is 0 Å². The van der Waals surface area contributed by atoms with Crippen molar-refractivity contribution < 1.29 is 8.42 Å². The average molecular weight is 350 g/mol. The lowest BCUT2D eigenvalue weighted by atomic mass is 10.1. The van der Waals surface area contributed by atoms with Gasteiger partial charge in [0.2, 0.25) is 10.0 Å². The highest BCUT2D eigenvalue weighted by Crippen LogP contribution is 2.39. The van der Waals surface area contributed by atoms with Gasteiger partial charge < -0.3 is 4.90 Å². The van der Waals surface area contributed by atoms with Crippen LogP contribution in [0.5, 0.6) is 0 Å². The first kappa shape index (κ1) is 16.3. The molecule has 1 aromatic heterocycles. The van der Waals surface area contributed by atoms with Gasteiger partial charge in [-0.15, -0.1) is 0 Å². The molecule has 3 fully saturated rings. The van der Waals surface area contributed by atoms with Crippen LogP contribution >= 0.6 is 0 Å². The van der Waals surface area contributed by atoms with Crippen molar-refractivity contribution in [2.24, 2.45) is 0 Å². The molecule has 0 bridgehead atoms. The van der Waals surface area contributed by atoms with Gasteiger partial charge in [0.25, 0.3) is 0 Å². The topological polar surface area (TPSA) is 66.4 Å². The standard InChI is InChI=1S/C17H26N4O2S/c1-12-10-16(19-17(18-12)13-5-6-13)21-9-3-4-14(11-21)20(2)24(22,23)15-7-8-15/h10,13-15H,3-9,11H2,1-2H3. The summed E-state index contributed by atoms with van der Waals surface area (Å²) in [5.74, 6) is 2.46. The van der Waals surface area contributed by atoms with E-state index in [1.807, 2.05) is 13.0 Å². The summed E-state index contributed by atoms with van der Waals surface area (Å²) in [6.45, 7) is 3.68. The molecule has 0 aromatic carbocycles. The molecule has 4 rings (SSSR count). The fraction of sp³-hybridized carbons (Fsp3) is 0.765. The second-order valence-corrected chi connectivity index (χ2v) is 9.78. The van der Waals surface area contributed by atoms with Crippen molar-refractivity contribution >= 4 is 15.8 Å². The SMILES string of the molecule is Cc1cc(N2CCCC(N(C)S(=O)(=O)C3CC3)C2)nc(C2CC2)n1. The molecule has 132 valence electrons. The van der Waals surface area contributed by atoms with Gasteiger partial charge in [0.15, 0.2) is 0 Å². The Morgan fingerprint density at radius 1 is 1.17 bits per heavy atom. The van der Waals surface area contributed by atoms with Gasteiger partial charge in [0.05, 0.1) is 5.25 Å². The highest BCUT2D eigenvalue weighted by atomic mass is 32.2. The zero-order valence-electron chi connectivity index (χ0n) is 14.5. The van der Waals surface area contributed by atoms with E-state index >= 15 is 0 Å². The number of nitrogens with zero attached hydrogens (tertiary/aromatic N) is 4. The Kier molecular flexibility index (Phi) is 4.03. The minimum absolute atomic E-state index is 0.0454. The molecule has 0 amide bonds. The van der Waals surface area contributed by atoms with Crippen LogP contribution in [0.25, 0.3) is 0 Å². The monoisotopic (exact) mass is 350 g/mol. The van der Waals surface area contributed by atoms with Gasteiger partial charge >= 0.3 is 0 Å². The summed E-state index contributed by atoms with van der Waals surface area (Å²) < 4.78 is 26.7. The molecule has 1 aromatic rings. The molecule has 0 spiro atoms. The van der Waals surface area contributed by atoms with E-state index in [0.29, 0.717) is 5.92 Å². The molecule has 0 radical (unpaired) electrons. The highest BCUT2D eigenvalue weighted by Gasteiger charge is 2.42. The fourth-order valence-corrected chi connectivity index (χ4v) is 5.32. The maximum atomic E-state index is 12.5. The lowest BCUT2D eigenvalue weighted by Gasteiger charge is -2.37. The van der Waals surface area contributed by atoms with Gasteiger partial charge in [0.1, 0.15) is 11.6 Å². The van der Waals surface area contributed by atoms with Crippen LogP contribution in [0.3, 0.4) is 0 Å². The van der Waals surface area contributed by atoms with Gasteiger partial charge in [-0.2, -0.15) is 4.31 Å². The Hall–Kier alpha value is -1.21. The van der Waals surface area contributed by atoms with Crippen molar-refractivity contribution in [3.63, 3.8) is 0 Å². The van der Waals surface area contributed by atoms with Crippen LogP contribution in [0.4, 0.5) is 5.82 Å². The van der Waals surface area contributed by atoms with Crippen molar-refractivity contribution in [2.45, 2.75) is 62.7 Å².